The van der Waals surface area contributed by atoms with Crippen molar-refractivity contribution in [1.82, 2.24) is 9.88 Å². The molecule has 1 N–H and O–H groups in total. The molecule has 21 heavy (non-hydrogen) atoms. The first-order chi connectivity index (χ1) is 10.1. The number of aromatic nitrogens is 1. The monoisotopic (exact) mass is 351 g/mol. The Bertz CT molecular complexity index is 625. The van der Waals surface area contributed by atoms with E-state index in [1.165, 1.54) is 5.56 Å². The van der Waals surface area contributed by atoms with E-state index in [4.69, 9.17) is 0 Å². The number of nitrogens with one attached hydrogen (secondary N) is 1. The van der Waals surface area contributed by atoms with E-state index in [0.29, 0.717) is 12.1 Å². The van der Waals surface area contributed by atoms with E-state index in [-0.39, 0.29) is 10.6 Å². The first kappa shape index (κ1) is 15.7. The van der Waals surface area contributed by atoms with Crippen molar-refractivity contribution in [2.24, 2.45) is 0 Å². The molecule has 5 nitrogen and oxygen atoms in total. The Hall–Kier alpha value is -1.66. The Morgan fingerprint density at radius 1 is 1.38 bits per heavy atom. The average Bonchev–Trinajstić information content (AvgIpc) is 2.88. The molecule has 2 aromatic rings. The lowest BCUT2D eigenvalue weighted by Crippen LogP contribution is -2.13. The highest BCUT2D eigenvalue weighted by Crippen LogP contribution is 2.24. The van der Waals surface area contributed by atoms with Crippen molar-refractivity contribution >= 4 is 21.6 Å². The second-order valence-electron chi connectivity index (χ2n) is 4.90. The molecule has 0 atom stereocenters. The van der Waals surface area contributed by atoms with Gasteiger partial charge in [0.25, 0.3) is 5.69 Å². The number of benzene rings is 1. The fraction of sp³-hybridized carbons (Fsp3) is 0.333. The number of nitro benzene ring substituents is 1. The summed E-state index contributed by atoms with van der Waals surface area (Å²) in [7, 11) is 0. The molecule has 0 fully saturated rings. The van der Waals surface area contributed by atoms with Crippen LogP contribution < -0.4 is 5.32 Å². The van der Waals surface area contributed by atoms with Crippen molar-refractivity contribution in [1.29, 1.82) is 0 Å². The third-order valence-corrected chi connectivity index (χ3v) is 3.66. The minimum absolute atomic E-state index is 0.142. The molecule has 0 amide bonds. The van der Waals surface area contributed by atoms with Crippen LogP contribution in [0.5, 0.6) is 0 Å². The highest BCUT2D eigenvalue weighted by Gasteiger charge is 2.14. The van der Waals surface area contributed by atoms with Gasteiger partial charge in [0.2, 0.25) is 0 Å². The van der Waals surface area contributed by atoms with E-state index >= 15 is 0 Å². The van der Waals surface area contributed by atoms with Crippen molar-refractivity contribution in [2.75, 3.05) is 6.54 Å². The highest BCUT2D eigenvalue weighted by molar-refractivity contribution is 9.10. The molecule has 0 aliphatic rings. The molecule has 1 aromatic heterocycles. The van der Waals surface area contributed by atoms with Crippen LogP contribution in [-0.2, 0) is 13.1 Å². The van der Waals surface area contributed by atoms with Crippen LogP contribution in [0.25, 0.3) is 0 Å². The van der Waals surface area contributed by atoms with Gasteiger partial charge in [-0.1, -0.05) is 22.9 Å². The van der Waals surface area contributed by atoms with Gasteiger partial charge in [0, 0.05) is 35.0 Å². The molecule has 1 aromatic carbocycles. The van der Waals surface area contributed by atoms with Gasteiger partial charge in [0.05, 0.1) is 11.5 Å². The molecule has 0 radical (unpaired) electrons. The number of halogens is 1. The molecule has 0 aliphatic heterocycles. The van der Waals surface area contributed by atoms with Crippen molar-refractivity contribution < 1.29 is 4.92 Å². The van der Waals surface area contributed by atoms with Gasteiger partial charge in [-0.05, 0) is 36.7 Å². The molecule has 2 rings (SSSR count). The zero-order chi connectivity index (χ0) is 15.2. The molecule has 0 spiro atoms. The Morgan fingerprint density at radius 2 is 2.19 bits per heavy atom. The van der Waals surface area contributed by atoms with Gasteiger partial charge in [-0.2, -0.15) is 0 Å². The summed E-state index contributed by atoms with van der Waals surface area (Å²) in [5.74, 6) is 0. The average molecular weight is 352 g/mol. The van der Waals surface area contributed by atoms with Crippen LogP contribution in [0.4, 0.5) is 5.69 Å². The Balaban J connectivity index is 2.10. The third kappa shape index (κ3) is 4.41. The second-order valence-corrected chi connectivity index (χ2v) is 5.81. The summed E-state index contributed by atoms with van der Waals surface area (Å²) < 4.78 is 2.69. The van der Waals surface area contributed by atoms with Crippen molar-refractivity contribution in [3.05, 3.63) is 62.4 Å². The third-order valence-electron chi connectivity index (χ3n) is 3.16. The Labute approximate surface area is 132 Å². The van der Waals surface area contributed by atoms with E-state index in [0.717, 1.165) is 24.0 Å². The van der Waals surface area contributed by atoms with Crippen LogP contribution in [-0.4, -0.2) is 16.0 Å². The lowest BCUT2D eigenvalue weighted by Gasteiger charge is -2.05. The summed E-state index contributed by atoms with van der Waals surface area (Å²) >= 11 is 3.27. The Morgan fingerprint density at radius 3 is 2.90 bits per heavy atom. The van der Waals surface area contributed by atoms with E-state index in [1.807, 2.05) is 29.1 Å². The molecule has 1 heterocycles. The normalized spacial score (nSPS) is 10.8. The van der Waals surface area contributed by atoms with Gasteiger partial charge in [0.1, 0.15) is 0 Å². The molecule has 0 unspecified atom stereocenters. The van der Waals surface area contributed by atoms with Crippen LogP contribution in [0, 0.1) is 10.1 Å². The number of hydrogen-bond acceptors (Lipinski definition) is 3. The molecule has 0 bridgehead atoms. The van der Waals surface area contributed by atoms with Gasteiger partial charge >= 0.3 is 0 Å². The van der Waals surface area contributed by atoms with Crippen molar-refractivity contribution in [3.63, 3.8) is 0 Å². The summed E-state index contributed by atoms with van der Waals surface area (Å²) in [4.78, 5) is 10.8. The fourth-order valence-corrected chi connectivity index (χ4v) is 2.49. The molecule has 0 saturated heterocycles. The highest BCUT2D eigenvalue weighted by atomic mass is 79.9. The lowest BCUT2D eigenvalue weighted by atomic mass is 10.2. The molecule has 6 heteroatoms. The maximum Gasteiger partial charge on any atom is 0.275 e. The Kier molecular flexibility index (Phi) is 5.52. The SMILES string of the molecule is CCCNCc1ccn(Cc2ccc(Br)cc2[N+](=O)[O-])c1. The molecule has 0 saturated carbocycles. The zero-order valence-corrected chi connectivity index (χ0v) is 13.5. The summed E-state index contributed by atoms with van der Waals surface area (Å²) in [6.45, 7) is 4.44. The summed E-state index contributed by atoms with van der Waals surface area (Å²) in [6, 6.07) is 7.20. The standard InChI is InChI=1S/C15H18BrN3O2/c1-2-6-17-9-12-5-7-18(10-12)11-13-3-4-14(16)8-15(13)19(20)21/h3-5,7-8,10,17H,2,6,9,11H2,1H3. The fourth-order valence-electron chi connectivity index (χ4n) is 2.14. The van der Waals surface area contributed by atoms with Gasteiger partial charge in [-0.15, -0.1) is 0 Å². The number of nitrogens with zero attached hydrogens (tertiary/aromatic N) is 2. The topological polar surface area (TPSA) is 60.1 Å². The minimum Gasteiger partial charge on any atom is -0.349 e. The molecular weight excluding hydrogens is 334 g/mol. The van der Waals surface area contributed by atoms with Crippen LogP contribution in [0.15, 0.2) is 41.1 Å². The van der Waals surface area contributed by atoms with E-state index in [2.05, 4.69) is 28.2 Å². The number of hydrogen-bond donors (Lipinski definition) is 1. The zero-order valence-electron chi connectivity index (χ0n) is 11.9. The first-order valence-corrected chi connectivity index (χ1v) is 7.67. The van der Waals surface area contributed by atoms with Gasteiger partial charge in [-0.3, -0.25) is 10.1 Å². The van der Waals surface area contributed by atoms with E-state index < -0.39 is 0 Å². The predicted molar refractivity (Wildman–Crippen MR) is 86.3 cm³/mol. The van der Waals surface area contributed by atoms with E-state index in [9.17, 15) is 10.1 Å². The van der Waals surface area contributed by atoms with Crippen molar-refractivity contribution in [3.8, 4) is 0 Å². The maximum atomic E-state index is 11.1. The van der Waals surface area contributed by atoms with Crippen LogP contribution >= 0.6 is 15.9 Å². The number of rotatable bonds is 7. The molecule has 112 valence electrons. The molecule has 0 aliphatic carbocycles. The second kappa shape index (κ2) is 7.38. The summed E-state index contributed by atoms with van der Waals surface area (Å²) in [6.07, 6.45) is 5.08. The largest absolute Gasteiger partial charge is 0.349 e. The van der Waals surface area contributed by atoms with Crippen LogP contribution in [0.2, 0.25) is 0 Å². The first-order valence-electron chi connectivity index (χ1n) is 6.88. The predicted octanol–water partition coefficient (Wildman–Crippen LogP) is 3.71. The van der Waals surface area contributed by atoms with Gasteiger partial charge in [-0.25, -0.2) is 0 Å². The van der Waals surface area contributed by atoms with Crippen molar-refractivity contribution in [2.45, 2.75) is 26.4 Å². The smallest absolute Gasteiger partial charge is 0.275 e. The quantitative estimate of drug-likeness (QED) is 0.470. The maximum absolute atomic E-state index is 11.1. The van der Waals surface area contributed by atoms with E-state index in [1.54, 1.807) is 12.1 Å². The summed E-state index contributed by atoms with van der Waals surface area (Å²) in [5.41, 5.74) is 2.03. The number of nitro groups is 1. The van der Waals surface area contributed by atoms with Gasteiger partial charge < -0.3 is 9.88 Å². The minimum atomic E-state index is -0.340. The van der Waals surface area contributed by atoms with Crippen LogP contribution in [0.1, 0.15) is 24.5 Å². The molecular formula is C15H18BrN3O2. The lowest BCUT2D eigenvalue weighted by molar-refractivity contribution is -0.385. The summed E-state index contributed by atoms with van der Waals surface area (Å²) in [5, 5.41) is 14.4. The van der Waals surface area contributed by atoms with Crippen LogP contribution in [0.3, 0.4) is 0 Å². The van der Waals surface area contributed by atoms with Gasteiger partial charge in [0.15, 0.2) is 0 Å².